The molecule has 1 N–H and O–H groups in total. The van der Waals surface area contributed by atoms with Gasteiger partial charge in [-0.2, -0.15) is 0 Å². The van der Waals surface area contributed by atoms with Crippen LogP contribution in [0.4, 0.5) is 11.4 Å². The second-order valence-electron chi connectivity index (χ2n) is 6.70. The van der Waals surface area contributed by atoms with Crippen LogP contribution in [0.2, 0.25) is 0 Å². The lowest BCUT2D eigenvalue weighted by Gasteiger charge is -2.44. The van der Waals surface area contributed by atoms with Gasteiger partial charge in [0.2, 0.25) is 0 Å². The van der Waals surface area contributed by atoms with E-state index < -0.39 is 0 Å². The fraction of sp³-hybridized carbons (Fsp3) is 0.0435. The molecule has 0 saturated heterocycles. The molecule has 1 unspecified atom stereocenters. The molecule has 3 aromatic carbocycles. The van der Waals surface area contributed by atoms with Gasteiger partial charge in [0.1, 0.15) is 0 Å². The van der Waals surface area contributed by atoms with Crippen LogP contribution in [-0.4, -0.2) is 4.98 Å². The Kier molecular flexibility index (Phi) is 2.43. The van der Waals surface area contributed by atoms with E-state index in [1.54, 1.807) is 0 Å². The lowest BCUT2D eigenvalue weighted by atomic mass is 9.81. The molecule has 0 radical (unpaired) electrons. The highest BCUT2D eigenvalue weighted by molar-refractivity contribution is 5.96. The molecule has 25 heavy (non-hydrogen) atoms. The first kappa shape index (κ1) is 13.1. The van der Waals surface area contributed by atoms with Crippen molar-refractivity contribution < 1.29 is 0 Å². The maximum absolute atomic E-state index is 3.47. The highest BCUT2D eigenvalue weighted by atomic mass is 15.2. The molecule has 3 heterocycles. The number of aromatic nitrogens is 1. The Bertz CT molecular complexity index is 1120. The van der Waals surface area contributed by atoms with Gasteiger partial charge >= 0.3 is 0 Å². The van der Waals surface area contributed by atoms with Gasteiger partial charge in [0.25, 0.3) is 0 Å². The molecule has 0 amide bonds. The van der Waals surface area contributed by atoms with E-state index in [1.807, 2.05) is 0 Å². The third-order valence-corrected chi connectivity index (χ3v) is 5.47. The highest BCUT2D eigenvalue weighted by Crippen LogP contribution is 2.56. The molecule has 118 valence electrons. The summed E-state index contributed by atoms with van der Waals surface area (Å²) in [5.41, 5.74) is 10.4. The molecule has 4 aromatic rings. The number of benzene rings is 3. The van der Waals surface area contributed by atoms with E-state index in [2.05, 4.69) is 94.9 Å². The number of H-pyrrole nitrogens is 1. The Labute approximate surface area is 146 Å². The van der Waals surface area contributed by atoms with Crippen LogP contribution in [0.1, 0.15) is 17.2 Å². The third-order valence-electron chi connectivity index (χ3n) is 5.47. The molecule has 1 atom stereocenters. The van der Waals surface area contributed by atoms with E-state index >= 15 is 0 Å². The normalized spacial score (nSPS) is 16.3. The van der Waals surface area contributed by atoms with Gasteiger partial charge in [0.15, 0.2) is 0 Å². The molecule has 2 heteroatoms. The number of nitrogens with one attached hydrogen (secondary N) is 1. The standard InChI is InChI=1S/C23H16N2/c1-2-9-17-15(7-1)16-8-3-5-11-20(16)25-21-12-6-4-10-18(21)22-19(23(17)25)13-14-24-22/h1-14,23-24H. The topological polar surface area (TPSA) is 19.0 Å². The van der Waals surface area contributed by atoms with Crippen LogP contribution in [0.25, 0.3) is 22.4 Å². The van der Waals surface area contributed by atoms with Crippen molar-refractivity contribution in [3.8, 4) is 22.4 Å². The van der Waals surface area contributed by atoms with E-state index in [0.717, 1.165) is 0 Å². The average molecular weight is 320 g/mol. The van der Waals surface area contributed by atoms with Gasteiger partial charge in [0, 0.05) is 28.6 Å². The summed E-state index contributed by atoms with van der Waals surface area (Å²) >= 11 is 0. The number of fused-ring (bicyclic) bond motifs is 11. The Hall–Kier alpha value is -3.26. The van der Waals surface area contributed by atoms with Gasteiger partial charge in [-0.1, -0.05) is 60.7 Å². The number of nitrogens with zero attached hydrogens (tertiary/aromatic N) is 1. The first-order chi connectivity index (χ1) is 12.4. The minimum atomic E-state index is 0.210. The van der Waals surface area contributed by atoms with Crippen LogP contribution in [0.5, 0.6) is 0 Å². The van der Waals surface area contributed by atoms with Gasteiger partial charge in [-0.05, 0) is 29.3 Å². The van der Waals surface area contributed by atoms with Crippen molar-refractivity contribution in [3.05, 3.63) is 96.2 Å². The summed E-state index contributed by atoms with van der Waals surface area (Å²) in [7, 11) is 0. The lowest BCUT2D eigenvalue weighted by molar-refractivity contribution is 0.803. The quantitative estimate of drug-likeness (QED) is 0.427. The first-order valence-corrected chi connectivity index (χ1v) is 8.68. The molecule has 1 aromatic heterocycles. The molecule has 2 aliphatic rings. The fourth-order valence-electron chi connectivity index (χ4n) is 4.48. The Morgan fingerprint density at radius 3 is 2.08 bits per heavy atom. The van der Waals surface area contributed by atoms with Crippen LogP contribution >= 0.6 is 0 Å². The second kappa shape index (κ2) is 4.64. The van der Waals surface area contributed by atoms with Gasteiger partial charge in [-0.3, -0.25) is 0 Å². The van der Waals surface area contributed by atoms with Gasteiger partial charge in [0.05, 0.1) is 17.4 Å². The summed E-state index contributed by atoms with van der Waals surface area (Å²) < 4.78 is 0. The van der Waals surface area contributed by atoms with E-state index in [-0.39, 0.29) is 6.04 Å². The molecule has 0 bridgehead atoms. The molecular weight excluding hydrogens is 304 g/mol. The molecule has 0 spiro atoms. The largest absolute Gasteiger partial charge is 0.361 e. The molecule has 2 nitrogen and oxygen atoms in total. The van der Waals surface area contributed by atoms with E-state index in [0.29, 0.717) is 0 Å². The van der Waals surface area contributed by atoms with Crippen molar-refractivity contribution in [2.24, 2.45) is 0 Å². The molecule has 6 rings (SSSR count). The average Bonchev–Trinajstić information content (AvgIpc) is 3.17. The van der Waals surface area contributed by atoms with E-state index in [9.17, 15) is 0 Å². The second-order valence-corrected chi connectivity index (χ2v) is 6.70. The minimum absolute atomic E-state index is 0.210. The van der Waals surface area contributed by atoms with Crippen LogP contribution in [0, 0.1) is 0 Å². The number of aromatic amines is 1. The zero-order valence-electron chi connectivity index (χ0n) is 13.6. The first-order valence-electron chi connectivity index (χ1n) is 8.68. The summed E-state index contributed by atoms with van der Waals surface area (Å²) in [5, 5.41) is 0. The molecule has 0 fully saturated rings. The summed E-state index contributed by atoms with van der Waals surface area (Å²) in [6.45, 7) is 0. The van der Waals surface area contributed by atoms with Crippen molar-refractivity contribution >= 4 is 11.4 Å². The zero-order valence-corrected chi connectivity index (χ0v) is 13.6. The minimum Gasteiger partial charge on any atom is -0.361 e. The van der Waals surface area contributed by atoms with Gasteiger partial charge in [-0.25, -0.2) is 0 Å². The van der Waals surface area contributed by atoms with Crippen LogP contribution in [-0.2, 0) is 0 Å². The lowest BCUT2D eigenvalue weighted by Crippen LogP contribution is -2.31. The van der Waals surface area contributed by atoms with E-state index in [1.165, 1.54) is 44.9 Å². The predicted octanol–water partition coefficient (Wildman–Crippen LogP) is 5.90. The number of rotatable bonds is 0. The van der Waals surface area contributed by atoms with Crippen LogP contribution in [0.3, 0.4) is 0 Å². The van der Waals surface area contributed by atoms with Crippen molar-refractivity contribution in [1.82, 2.24) is 4.98 Å². The maximum atomic E-state index is 3.47. The predicted molar refractivity (Wildman–Crippen MR) is 102 cm³/mol. The Balaban J connectivity index is 1.77. The summed E-state index contributed by atoms with van der Waals surface area (Å²) in [4.78, 5) is 5.98. The smallest absolute Gasteiger partial charge is 0.0872 e. The number of hydrogen-bond donors (Lipinski definition) is 1. The van der Waals surface area contributed by atoms with Crippen molar-refractivity contribution in [1.29, 1.82) is 0 Å². The molecule has 0 saturated carbocycles. The maximum Gasteiger partial charge on any atom is 0.0872 e. The Morgan fingerprint density at radius 2 is 1.24 bits per heavy atom. The SMILES string of the molecule is c1ccc2c(c1)-c1ccccc1N1c3ccccc3-c3[nH]ccc3C21. The van der Waals surface area contributed by atoms with Gasteiger partial charge in [-0.15, -0.1) is 0 Å². The van der Waals surface area contributed by atoms with E-state index in [4.69, 9.17) is 0 Å². The van der Waals surface area contributed by atoms with Crippen LogP contribution < -0.4 is 4.90 Å². The van der Waals surface area contributed by atoms with Crippen molar-refractivity contribution in [2.45, 2.75) is 6.04 Å². The number of para-hydroxylation sites is 2. The highest BCUT2D eigenvalue weighted by Gasteiger charge is 2.38. The molecular formula is C23H16N2. The monoisotopic (exact) mass is 320 g/mol. The zero-order chi connectivity index (χ0) is 16.4. The Morgan fingerprint density at radius 1 is 0.600 bits per heavy atom. The molecule has 2 aliphatic heterocycles. The van der Waals surface area contributed by atoms with Crippen LogP contribution in [0.15, 0.2) is 85.1 Å². The summed E-state index contributed by atoms with van der Waals surface area (Å²) in [6.07, 6.45) is 2.06. The summed E-state index contributed by atoms with van der Waals surface area (Å²) in [6, 6.07) is 28.7. The third kappa shape index (κ3) is 1.59. The fourth-order valence-corrected chi connectivity index (χ4v) is 4.48. The molecule has 0 aliphatic carbocycles. The van der Waals surface area contributed by atoms with Crippen molar-refractivity contribution in [2.75, 3.05) is 4.90 Å². The van der Waals surface area contributed by atoms with Crippen molar-refractivity contribution in [3.63, 3.8) is 0 Å². The summed E-state index contributed by atoms with van der Waals surface area (Å²) in [5.74, 6) is 0. The number of hydrogen-bond acceptors (Lipinski definition) is 1. The number of anilines is 2. The van der Waals surface area contributed by atoms with Gasteiger partial charge < -0.3 is 9.88 Å².